The van der Waals surface area contributed by atoms with Gasteiger partial charge >= 0.3 is 5.97 Å². The van der Waals surface area contributed by atoms with Crippen molar-refractivity contribution >= 4 is 5.97 Å². The van der Waals surface area contributed by atoms with E-state index in [1.54, 1.807) is 0 Å². The third-order valence-electron chi connectivity index (χ3n) is 9.77. The van der Waals surface area contributed by atoms with Crippen molar-refractivity contribution in [2.24, 2.45) is 11.3 Å². The van der Waals surface area contributed by atoms with E-state index in [0.717, 1.165) is 16.7 Å². The predicted molar refractivity (Wildman–Crippen MR) is 121 cm³/mol. The maximum atomic E-state index is 12.6. The van der Waals surface area contributed by atoms with Crippen LogP contribution in [0.5, 0.6) is 11.5 Å². The maximum Gasteiger partial charge on any atom is 0.342 e. The molecule has 0 amide bonds. The summed E-state index contributed by atoms with van der Waals surface area (Å²) in [5.41, 5.74) is -1.24. The minimum absolute atomic E-state index is 0.0873. The van der Waals surface area contributed by atoms with Gasteiger partial charge in [-0.25, -0.2) is 4.79 Å². The quantitative estimate of drug-likeness (QED) is 0.603. The fraction of sp³-hybridized carbons (Fsp3) is 0.731. The van der Waals surface area contributed by atoms with Crippen LogP contribution in [0.15, 0.2) is 0 Å². The molecule has 0 aromatic heterocycles. The molecule has 5 aliphatic rings. The molecule has 3 fully saturated rings. The van der Waals surface area contributed by atoms with Crippen molar-refractivity contribution < 1.29 is 43.4 Å². The molecule has 9 nitrogen and oxygen atoms in total. The standard InChI is InChI=1S/C26H34O9/c1-12-14-11-32-21(29)18(14)20(30-6)13-8-15-23(4,33-19(12)13)9-17(28)26-22(2,3)34-25(31-7,35-26)10-16(27)24(15,26)5/h15-17,27-28H,8-11H2,1-7H3/t15-,16+,17-,23+,24+,25-,26+/m1/s1. The molecule has 35 heavy (non-hydrogen) atoms. The molecule has 6 rings (SSSR count). The first-order valence-corrected chi connectivity index (χ1v) is 12.2. The number of ether oxygens (including phenoxy) is 6. The van der Waals surface area contributed by atoms with Gasteiger partial charge in [0.1, 0.15) is 40.5 Å². The molecule has 4 heterocycles. The molecule has 2 N–H and O–H groups in total. The van der Waals surface area contributed by atoms with Crippen LogP contribution in [0.3, 0.4) is 0 Å². The molecule has 0 unspecified atom stereocenters. The summed E-state index contributed by atoms with van der Waals surface area (Å²) in [6, 6.07) is 0. The van der Waals surface area contributed by atoms with E-state index in [1.807, 2.05) is 34.6 Å². The normalized spacial score (nSPS) is 44.5. The summed E-state index contributed by atoms with van der Waals surface area (Å²) in [5, 5.41) is 23.5. The van der Waals surface area contributed by atoms with Crippen molar-refractivity contribution in [2.45, 2.75) is 95.5 Å². The molecule has 7 atom stereocenters. The van der Waals surface area contributed by atoms with E-state index in [9.17, 15) is 15.0 Å². The van der Waals surface area contributed by atoms with Gasteiger partial charge in [0.2, 0.25) is 0 Å². The molecule has 1 aliphatic carbocycles. The van der Waals surface area contributed by atoms with E-state index in [4.69, 9.17) is 28.4 Å². The number of esters is 1. The van der Waals surface area contributed by atoms with Gasteiger partial charge in [-0.15, -0.1) is 0 Å². The van der Waals surface area contributed by atoms with Gasteiger partial charge in [-0.1, -0.05) is 6.92 Å². The van der Waals surface area contributed by atoms with Crippen LogP contribution in [-0.2, 0) is 32.0 Å². The highest BCUT2D eigenvalue weighted by Crippen LogP contribution is 2.70. The number of carbonyl (C=O) groups excluding carboxylic acids is 1. The van der Waals surface area contributed by atoms with E-state index >= 15 is 0 Å². The zero-order chi connectivity index (χ0) is 25.3. The van der Waals surface area contributed by atoms with Crippen LogP contribution in [0, 0.1) is 18.3 Å². The Morgan fingerprint density at radius 3 is 2.37 bits per heavy atom. The summed E-state index contributed by atoms with van der Waals surface area (Å²) in [4.78, 5) is 12.6. The first kappa shape index (κ1) is 23.5. The second kappa shape index (κ2) is 6.69. The Hall–Kier alpha value is -1.91. The van der Waals surface area contributed by atoms with E-state index in [1.165, 1.54) is 14.2 Å². The Labute approximate surface area is 204 Å². The summed E-state index contributed by atoms with van der Waals surface area (Å²) < 4.78 is 36.4. The monoisotopic (exact) mass is 490 g/mol. The highest BCUT2D eigenvalue weighted by atomic mass is 16.9. The Bertz CT molecular complexity index is 1150. The molecule has 4 aliphatic heterocycles. The second-order valence-corrected chi connectivity index (χ2v) is 11.6. The van der Waals surface area contributed by atoms with Gasteiger partial charge in [-0.05, 0) is 39.7 Å². The molecule has 1 saturated carbocycles. The lowest BCUT2D eigenvalue weighted by Crippen LogP contribution is -2.80. The van der Waals surface area contributed by atoms with Crippen LogP contribution in [0.2, 0.25) is 0 Å². The van der Waals surface area contributed by atoms with Gasteiger partial charge < -0.3 is 38.6 Å². The average Bonchev–Trinajstić information content (AvgIpc) is 3.26. The lowest BCUT2D eigenvalue weighted by molar-refractivity contribution is -0.410. The summed E-state index contributed by atoms with van der Waals surface area (Å²) >= 11 is 0. The fourth-order valence-electron chi connectivity index (χ4n) is 8.26. The highest BCUT2D eigenvalue weighted by Gasteiger charge is 2.83. The summed E-state index contributed by atoms with van der Waals surface area (Å²) in [7, 11) is 3.02. The number of benzene rings is 1. The minimum atomic E-state index is -1.44. The summed E-state index contributed by atoms with van der Waals surface area (Å²) in [6.45, 7) is 9.78. The number of carbonyl (C=O) groups is 1. The van der Waals surface area contributed by atoms with Gasteiger partial charge in [0.25, 0.3) is 5.97 Å². The minimum Gasteiger partial charge on any atom is -0.495 e. The molecule has 9 heteroatoms. The van der Waals surface area contributed by atoms with Crippen molar-refractivity contribution in [3.05, 3.63) is 22.3 Å². The van der Waals surface area contributed by atoms with Crippen molar-refractivity contribution in [3.63, 3.8) is 0 Å². The first-order valence-electron chi connectivity index (χ1n) is 12.2. The number of hydrogen-bond acceptors (Lipinski definition) is 9. The van der Waals surface area contributed by atoms with Crippen molar-refractivity contribution in [1.82, 2.24) is 0 Å². The van der Waals surface area contributed by atoms with Gasteiger partial charge in [-0.3, -0.25) is 0 Å². The number of fused-ring (bicyclic) bond motifs is 5. The van der Waals surface area contributed by atoms with Crippen LogP contribution in [0.4, 0.5) is 0 Å². The average molecular weight is 491 g/mol. The molecular formula is C26H34O9. The van der Waals surface area contributed by atoms with Crippen LogP contribution < -0.4 is 9.47 Å². The van der Waals surface area contributed by atoms with Gasteiger partial charge in [0.05, 0.1) is 25.7 Å². The SMILES string of the molecule is COc1c2c(c(C)c3c1C(=O)OC3)O[C@@]1(C)C[C@@H](O)[C@@]34O[C@@](OC)(C[C@H](O)[C@]3(C)[C@@H]1C2)OC4(C)C. The highest BCUT2D eigenvalue weighted by molar-refractivity contribution is 5.98. The smallest absolute Gasteiger partial charge is 0.342 e. The van der Waals surface area contributed by atoms with Gasteiger partial charge in [0.15, 0.2) is 0 Å². The number of aliphatic hydroxyl groups is 2. The molecule has 1 aromatic carbocycles. The zero-order valence-corrected chi connectivity index (χ0v) is 21.3. The number of methoxy groups -OCH3 is 2. The Morgan fingerprint density at radius 2 is 1.71 bits per heavy atom. The van der Waals surface area contributed by atoms with Crippen molar-refractivity contribution in [3.8, 4) is 11.5 Å². The third kappa shape index (κ3) is 2.44. The van der Waals surface area contributed by atoms with Gasteiger partial charge in [0, 0.05) is 36.0 Å². The fourth-order valence-corrected chi connectivity index (χ4v) is 8.26. The molecule has 2 saturated heterocycles. The lowest BCUT2D eigenvalue weighted by Gasteiger charge is -2.67. The summed E-state index contributed by atoms with van der Waals surface area (Å²) in [6.07, 6.45) is -1.12. The lowest BCUT2D eigenvalue weighted by atomic mass is 9.45. The van der Waals surface area contributed by atoms with E-state index in [0.29, 0.717) is 23.5 Å². The first-order chi connectivity index (χ1) is 16.3. The van der Waals surface area contributed by atoms with Gasteiger partial charge in [-0.2, -0.15) is 0 Å². The number of cyclic esters (lactones) is 1. The van der Waals surface area contributed by atoms with E-state index in [2.05, 4.69) is 0 Å². The molecule has 2 bridgehead atoms. The number of aliphatic hydroxyl groups excluding tert-OH is 2. The third-order valence-corrected chi connectivity index (χ3v) is 9.77. The topological polar surface area (TPSA) is 113 Å². The van der Waals surface area contributed by atoms with Crippen LogP contribution in [0.1, 0.15) is 67.6 Å². The van der Waals surface area contributed by atoms with Crippen molar-refractivity contribution in [1.29, 1.82) is 0 Å². The van der Waals surface area contributed by atoms with E-state index in [-0.39, 0.29) is 25.4 Å². The van der Waals surface area contributed by atoms with Crippen LogP contribution in [0.25, 0.3) is 0 Å². The predicted octanol–water partition coefficient (Wildman–Crippen LogP) is 2.38. The molecule has 1 aromatic rings. The van der Waals surface area contributed by atoms with Crippen molar-refractivity contribution in [2.75, 3.05) is 14.2 Å². The molecule has 1 spiro atoms. The second-order valence-electron chi connectivity index (χ2n) is 11.6. The Morgan fingerprint density at radius 1 is 1.00 bits per heavy atom. The number of rotatable bonds is 2. The Kier molecular flexibility index (Phi) is 4.49. The van der Waals surface area contributed by atoms with E-state index < -0.39 is 46.4 Å². The molecule has 192 valence electrons. The largest absolute Gasteiger partial charge is 0.495 e. The zero-order valence-electron chi connectivity index (χ0n) is 21.3. The van der Waals surface area contributed by atoms with Crippen LogP contribution in [-0.4, -0.2) is 65.4 Å². The van der Waals surface area contributed by atoms with Crippen LogP contribution >= 0.6 is 0 Å². The maximum absolute atomic E-state index is 12.6. The molecule has 0 radical (unpaired) electrons. The molecular weight excluding hydrogens is 456 g/mol. The number of hydrogen-bond donors (Lipinski definition) is 2. The Balaban J connectivity index is 1.58. The summed E-state index contributed by atoms with van der Waals surface area (Å²) in [5.74, 6) is -1.05.